The summed E-state index contributed by atoms with van der Waals surface area (Å²) in [5, 5.41) is 6.67. The van der Waals surface area contributed by atoms with Gasteiger partial charge in [0, 0.05) is 37.3 Å². The summed E-state index contributed by atoms with van der Waals surface area (Å²) >= 11 is 0. The van der Waals surface area contributed by atoms with Crippen LogP contribution < -0.4 is 10.6 Å². The van der Waals surface area contributed by atoms with Gasteiger partial charge < -0.3 is 15.4 Å². The van der Waals surface area contributed by atoms with Gasteiger partial charge in [-0.25, -0.2) is 4.79 Å². The number of carbonyl (C=O) groups excluding carboxylic acids is 1. The van der Waals surface area contributed by atoms with E-state index >= 15 is 0 Å². The number of benzene rings is 1. The molecule has 4 aliphatic rings. The fourth-order valence-electron chi connectivity index (χ4n) is 4.94. The lowest BCUT2D eigenvalue weighted by Gasteiger charge is -2.58. The molecule has 0 aromatic heterocycles. The number of carbonyl (C=O) groups is 1. The Hall–Kier alpha value is -1.59. The first kappa shape index (κ1) is 16.9. The highest BCUT2D eigenvalue weighted by Crippen LogP contribution is 2.49. The minimum atomic E-state index is -0.263. The van der Waals surface area contributed by atoms with Gasteiger partial charge in [-0.1, -0.05) is 30.3 Å². The number of amides is 1. The molecule has 3 aliphatic carbocycles. The van der Waals surface area contributed by atoms with Crippen LogP contribution >= 0.6 is 0 Å². The molecular weight excluding hydrogens is 314 g/mol. The number of alkyl carbamates (subject to hydrolysis) is 1. The topological polar surface area (TPSA) is 53.6 Å². The molecule has 0 atom stereocenters. The van der Waals surface area contributed by atoms with Crippen molar-refractivity contribution in [3.63, 3.8) is 0 Å². The van der Waals surface area contributed by atoms with Crippen molar-refractivity contribution >= 4 is 6.09 Å². The van der Waals surface area contributed by atoms with E-state index in [2.05, 4.69) is 15.5 Å². The van der Waals surface area contributed by atoms with Crippen molar-refractivity contribution < 1.29 is 9.53 Å². The SMILES string of the molecule is O=C(NC12CCC(N3CCNCC3)(CC1)CC2)OCc1ccccc1. The molecule has 1 saturated heterocycles. The smallest absolute Gasteiger partial charge is 0.407 e. The number of nitrogens with zero attached hydrogens (tertiary/aromatic N) is 1. The van der Waals surface area contributed by atoms with Crippen LogP contribution in [0, 0.1) is 0 Å². The monoisotopic (exact) mass is 343 g/mol. The molecule has 0 spiro atoms. The van der Waals surface area contributed by atoms with Gasteiger partial charge in [0.15, 0.2) is 0 Å². The number of hydrogen-bond donors (Lipinski definition) is 2. The minimum absolute atomic E-state index is 0.0381. The third-order valence-corrected chi connectivity index (χ3v) is 6.57. The number of ether oxygens (including phenoxy) is 1. The van der Waals surface area contributed by atoms with Crippen LogP contribution in [0.15, 0.2) is 30.3 Å². The molecule has 0 unspecified atom stereocenters. The maximum absolute atomic E-state index is 12.3. The van der Waals surface area contributed by atoms with Crippen molar-refractivity contribution in [3.8, 4) is 0 Å². The Balaban J connectivity index is 1.30. The summed E-state index contributed by atoms with van der Waals surface area (Å²) in [7, 11) is 0. The van der Waals surface area contributed by atoms with Crippen LogP contribution in [-0.2, 0) is 11.3 Å². The molecule has 2 N–H and O–H groups in total. The van der Waals surface area contributed by atoms with Crippen LogP contribution in [0.25, 0.3) is 0 Å². The second kappa shape index (κ2) is 6.96. The Kier molecular flexibility index (Phi) is 4.69. The molecule has 1 aromatic rings. The van der Waals surface area contributed by atoms with Crippen molar-refractivity contribution in [2.45, 2.75) is 56.2 Å². The molecule has 4 fully saturated rings. The molecule has 1 heterocycles. The van der Waals surface area contributed by atoms with Crippen LogP contribution in [0.2, 0.25) is 0 Å². The lowest BCUT2D eigenvalue weighted by atomic mass is 9.60. The minimum Gasteiger partial charge on any atom is -0.445 e. The van der Waals surface area contributed by atoms with Crippen molar-refractivity contribution in [1.82, 2.24) is 15.5 Å². The molecule has 1 aromatic carbocycles. The van der Waals surface area contributed by atoms with E-state index in [0.29, 0.717) is 12.1 Å². The maximum Gasteiger partial charge on any atom is 0.407 e. The third kappa shape index (κ3) is 3.53. The van der Waals surface area contributed by atoms with Gasteiger partial charge in [0.05, 0.1) is 0 Å². The van der Waals surface area contributed by atoms with E-state index in [1.165, 1.54) is 32.4 Å². The lowest BCUT2D eigenvalue weighted by molar-refractivity contribution is -0.0379. The Morgan fingerprint density at radius 1 is 1.04 bits per heavy atom. The van der Waals surface area contributed by atoms with Crippen molar-refractivity contribution in [2.24, 2.45) is 0 Å². The number of rotatable bonds is 4. The predicted molar refractivity (Wildman–Crippen MR) is 97.4 cm³/mol. The Morgan fingerprint density at radius 2 is 1.68 bits per heavy atom. The summed E-state index contributed by atoms with van der Waals surface area (Å²) in [6, 6.07) is 9.86. The highest BCUT2D eigenvalue weighted by molar-refractivity contribution is 5.68. The summed E-state index contributed by atoms with van der Waals surface area (Å²) in [5.74, 6) is 0. The normalized spacial score (nSPS) is 32.3. The quantitative estimate of drug-likeness (QED) is 0.882. The predicted octanol–water partition coefficient (Wildman–Crippen LogP) is 2.66. The molecule has 5 nitrogen and oxygen atoms in total. The molecule has 5 heteroatoms. The molecular formula is C20H29N3O2. The van der Waals surface area contributed by atoms with Gasteiger partial charge in [-0.05, 0) is 44.1 Å². The van der Waals surface area contributed by atoms with E-state index in [1.807, 2.05) is 30.3 Å². The maximum atomic E-state index is 12.3. The van der Waals surface area contributed by atoms with Gasteiger partial charge in [-0.3, -0.25) is 4.90 Å². The summed E-state index contributed by atoms with van der Waals surface area (Å²) in [5.41, 5.74) is 1.38. The molecule has 5 rings (SSSR count). The van der Waals surface area contributed by atoms with Crippen molar-refractivity contribution in [2.75, 3.05) is 26.2 Å². The van der Waals surface area contributed by atoms with Crippen LogP contribution in [0.4, 0.5) is 4.79 Å². The van der Waals surface area contributed by atoms with Gasteiger partial charge in [0.25, 0.3) is 0 Å². The Bertz CT molecular complexity index is 574. The van der Waals surface area contributed by atoms with Gasteiger partial charge in [0.1, 0.15) is 6.61 Å². The first-order chi connectivity index (χ1) is 12.2. The lowest BCUT2D eigenvalue weighted by Crippen LogP contribution is -2.65. The Labute approximate surface area is 150 Å². The summed E-state index contributed by atoms with van der Waals surface area (Å²) in [6.45, 7) is 4.89. The van der Waals surface area contributed by atoms with Crippen LogP contribution in [0.3, 0.4) is 0 Å². The first-order valence-corrected chi connectivity index (χ1v) is 9.65. The average molecular weight is 343 g/mol. The second-order valence-electron chi connectivity index (χ2n) is 7.93. The Morgan fingerprint density at radius 3 is 2.32 bits per heavy atom. The molecule has 1 amide bonds. The third-order valence-electron chi connectivity index (χ3n) is 6.57. The highest BCUT2D eigenvalue weighted by Gasteiger charge is 2.51. The number of fused-ring (bicyclic) bond motifs is 3. The van der Waals surface area contributed by atoms with Gasteiger partial charge in [0.2, 0.25) is 0 Å². The van der Waals surface area contributed by atoms with E-state index < -0.39 is 0 Å². The molecule has 0 radical (unpaired) electrons. The van der Waals surface area contributed by atoms with Gasteiger partial charge in [-0.15, -0.1) is 0 Å². The van der Waals surface area contributed by atoms with Crippen LogP contribution in [-0.4, -0.2) is 48.3 Å². The first-order valence-electron chi connectivity index (χ1n) is 9.65. The molecule has 1 aliphatic heterocycles. The van der Waals surface area contributed by atoms with Gasteiger partial charge in [-0.2, -0.15) is 0 Å². The summed E-state index contributed by atoms with van der Waals surface area (Å²) in [4.78, 5) is 15.0. The standard InChI is InChI=1S/C20H29N3O2/c24-18(25-16-17-4-2-1-3-5-17)22-19-6-9-20(10-7-19,11-8-19)23-14-12-21-13-15-23/h1-5,21H,6-16H2,(H,22,24). The molecule has 136 valence electrons. The molecule has 25 heavy (non-hydrogen) atoms. The second-order valence-corrected chi connectivity index (χ2v) is 7.93. The number of nitrogens with one attached hydrogen (secondary N) is 2. The summed E-state index contributed by atoms with van der Waals surface area (Å²) < 4.78 is 5.45. The fraction of sp³-hybridized carbons (Fsp3) is 0.650. The largest absolute Gasteiger partial charge is 0.445 e. The van der Waals surface area contributed by atoms with E-state index in [9.17, 15) is 4.79 Å². The van der Waals surface area contributed by atoms with E-state index in [4.69, 9.17) is 4.74 Å². The zero-order valence-electron chi connectivity index (χ0n) is 14.9. The van der Waals surface area contributed by atoms with Crippen molar-refractivity contribution in [1.29, 1.82) is 0 Å². The van der Waals surface area contributed by atoms with E-state index in [0.717, 1.165) is 37.9 Å². The number of piperazine rings is 1. The zero-order chi connectivity index (χ0) is 17.2. The zero-order valence-corrected chi connectivity index (χ0v) is 14.9. The van der Waals surface area contributed by atoms with Crippen LogP contribution in [0.1, 0.15) is 44.1 Å². The molecule has 3 saturated carbocycles. The fourth-order valence-corrected chi connectivity index (χ4v) is 4.94. The van der Waals surface area contributed by atoms with Crippen LogP contribution in [0.5, 0.6) is 0 Å². The summed E-state index contributed by atoms with van der Waals surface area (Å²) in [6.07, 6.45) is 6.58. The van der Waals surface area contributed by atoms with E-state index in [1.54, 1.807) is 0 Å². The molecule has 2 bridgehead atoms. The van der Waals surface area contributed by atoms with E-state index in [-0.39, 0.29) is 11.6 Å². The van der Waals surface area contributed by atoms with Gasteiger partial charge >= 0.3 is 6.09 Å². The van der Waals surface area contributed by atoms with Crippen molar-refractivity contribution in [3.05, 3.63) is 35.9 Å². The average Bonchev–Trinajstić information content (AvgIpc) is 2.69. The highest BCUT2D eigenvalue weighted by atomic mass is 16.5. The number of hydrogen-bond acceptors (Lipinski definition) is 4.